The molecule has 0 amide bonds. The van der Waals surface area contributed by atoms with Crippen molar-refractivity contribution in [3.05, 3.63) is 29.8 Å². The van der Waals surface area contributed by atoms with Crippen LogP contribution in [-0.2, 0) is 25.9 Å². The predicted octanol–water partition coefficient (Wildman–Crippen LogP) is 2.64. The first-order valence-electron chi connectivity index (χ1n) is 10.2. The van der Waals surface area contributed by atoms with Crippen LogP contribution in [0.25, 0.3) is 10.9 Å². The zero-order valence-electron chi connectivity index (χ0n) is 16.7. The fourth-order valence-electron chi connectivity index (χ4n) is 4.15. The average Bonchev–Trinajstić information content (AvgIpc) is 3.19. The van der Waals surface area contributed by atoms with Crippen LogP contribution in [0.4, 0.5) is 5.69 Å². The molecule has 0 spiro atoms. The molecule has 158 valence electrons. The second kappa shape index (κ2) is 8.55. The van der Waals surface area contributed by atoms with Crippen molar-refractivity contribution in [1.29, 1.82) is 0 Å². The number of anilines is 1. The molecule has 7 nitrogen and oxygen atoms in total. The molecule has 1 aromatic carbocycles. The van der Waals surface area contributed by atoms with Crippen LogP contribution in [-0.4, -0.2) is 56.9 Å². The van der Waals surface area contributed by atoms with Gasteiger partial charge < -0.3 is 19.5 Å². The van der Waals surface area contributed by atoms with Crippen molar-refractivity contribution in [2.75, 3.05) is 30.9 Å². The zero-order valence-corrected chi connectivity index (χ0v) is 17.5. The molecule has 29 heavy (non-hydrogen) atoms. The third-order valence-electron chi connectivity index (χ3n) is 5.69. The number of hydrogen-bond acceptors (Lipinski definition) is 7. The number of nitrogens with zero attached hydrogens (tertiary/aromatic N) is 2. The van der Waals surface area contributed by atoms with E-state index in [9.17, 15) is 13.5 Å². The highest BCUT2D eigenvalue weighted by molar-refractivity contribution is 7.90. The molecular weight excluding hydrogens is 392 g/mol. The van der Waals surface area contributed by atoms with Gasteiger partial charge in [-0.15, -0.1) is 0 Å². The molecule has 4 rings (SSSR count). The minimum atomic E-state index is -3.46. The lowest BCUT2D eigenvalue weighted by atomic mass is 10.1. The van der Waals surface area contributed by atoms with Crippen LogP contribution in [0.2, 0.25) is 0 Å². The van der Waals surface area contributed by atoms with Gasteiger partial charge in [-0.1, -0.05) is 12.1 Å². The van der Waals surface area contributed by atoms with Gasteiger partial charge in [-0.05, 0) is 49.8 Å². The first-order chi connectivity index (χ1) is 14.0. The molecule has 2 unspecified atom stereocenters. The monoisotopic (exact) mass is 420 g/mol. The highest BCUT2D eigenvalue weighted by Crippen LogP contribution is 2.34. The summed E-state index contributed by atoms with van der Waals surface area (Å²) in [7, 11) is -3.46. The number of sulfone groups is 1. The second-order valence-electron chi connectivity index (χ2n) is 7.88. The van der Waals surface area contributed by atoms with E-state index in [-0.39, 0.29) is 24.0 Å². The Morgan fingerprint density at radius 1 is 1.24 bits per heavy atom. The third-order valence-corrected chi connectivity index (χ3v) is 6.66. The number of pyridine rings is 1. The van der Waals surface area contributed by atoms with Crippen LogP contribution in [0.15, 0.2) is 29.3 Å². The minimum absolute atomic E-state index is 0.0530. The van der Waals surface area contributed by atoms with Gasteiger partial charge in [-0.2, -0.15) is 0 Å². The lowest BCUT2D eigenvalue weighted by molar-refractivity contribution is -0.164. The maximum atomic E-state index is 12.2. The minimum Gasteiger partial charge on any atom is -0.392 e. The summed E-state index contributed by atoms with van der Waals surface area (Å²) >= 11 is 0. The topological polar surface area (TPSA) is 89.0 Å². The van der Waals surface area contributed by atoms with E-state index in [2.05, 4.69) is 9.88 Å². The first kappa shape index (κ1) is 20.5. The highest BCUT2D eigenvalue weighted by atomic mass is 32.2. The van der Waals surface area contributed by atoms with Crippen LogP contribution < -0.4 is 4.90 Å². The number of benzene rings is 1. The summed E-state index contributed by atoms with van der Waals surface area (Å²) in [5.74, 6) is 0. The Morgan fingerprint density at radius 3 is 2.83 bits per heavy atom. The van der Waals surface area contributed by atoms with Crippen LogP contribution in [0.5, 0.6) is 0 Å². The van der Waals surface area contributed by atoms with Gasteiger partial charge >= 0.3 is 0 Å². The van der Waals surface area contributed by atoms with E-state index in [1.54, 1.807) is 12.1 Å². The largest absolute Gasteiger partial charge is 0.392 e. The van der Waals surface area contributed by atoms with Gasteiger partial charge in [0.15, 0.2) is 21.2 Å². The summed E-state index contributed by atoms with van der Waals surface area (Å²) in [4.78, 5) is 6.59. The van der Waals surface area contributed by atoms with Gasteiger partial charge in [0, 0.05) is 30.5 Å². The molecule has 2 fully saturated rings. The summed E-state index contributed by atoms with van der Waals surface area (Å²) in [6, 6.07) is 7.35. The van der Waals surface area contributed by atoms with Crippen molar-refractivity contribution in [3.8, 4) is 0 Å². The number of aliphatic hydroxyl groups is 1. The van der Waals surface area contributed by atoms with E-state index < -0.39 is 9.84 Å². The lowest BCUT2D eigenvalue weighted by Gasteiger charge is -2.30. The molecule has 3 heterocycles. The van der Waals surface area contributed by atoms with Crippen molar-refractivity contribution < 1.29 is 23.0 Å². The second-order valence-corrected chi connectivity index (χ2v) is 9.84. The summed E-state index contributed by atoms with van der Waals surface area (Å²) in [5, 5.41) is 10.4. The van der Waals surface area contributed by atoms with Crippen molar-refractivity contribution in [1.82, 2.24) is 4.98 Å². The van der Waals surface area contributed by atoms with Crippen LogP contribution in [0, 0.1) is 0 Å². The maximum absolute atomic E-state index is 12.2. The zero-order chi connectivity index (χ0) is 20.4. The molecule has 2 atom stereocenters. The van der Waals surface area contributed by atoms with E-state index in [0.717, 1.165) is 56.3 Å². The van der Waals surface area contributed by atoms with Crippen LogP contribution in [0.3, 0.4) is 0 Å². The van der Waals surface area contributed by atoms with Gasteiger partial charge in [-0.25, -0.2) is 13.4 Å². The molecule has 0 radical (unpaired) electrons. The predicted molar refractivity (Wildman–Crippen MR) is 111 cm³/mol. The lowest BCUT2D eigenvalue weighted by Crippen LogP contribution is -2.36. The number of ether oxygens (including phenoxy) is 2. The SMILES string of the molecule is CS(=O)(=O)c1cc(N2CCCC2COC2CCCCO2)c2ccc(CO)cc2n1. The number of hydrogen-bond donors (Lipinski definition) is 1. The van der Waals surface area contributed by atoms with Gasteiger partial charge in [0.1, 0.15) is 0 Å². The average molecular weight is 421 g/mol. The van der Waals surface area contributed by atoms with Crippen molar-refractivity contribution in [2.24, 2.45) is 0 Å². The van der Waals surface area contributed by atoms with Crippen molar-refractivity contribution in [3.63, 3.8) is 0 Å². The Morgan fingerprint density at radius 2 is 2.10 bits per heavy atom. The Hall–Kier alpha value is -1.74. The van der Waals surface area contributed by atoms with Crippen LogP contribution in [0.1, 0.15) is 37.7 Å². The molecule has 8 heteroatoms. The Bertz CT molecular complexity index is 972. The van der Waals surface area contributed by atoms with Gasteiger partial charge in [0.2, 0.25) is 0 Å². The number of fused-ring (bicyclic) bond motifs is 1. The Kier molecular flexibility index (Phi) is 6.06. The van der Waals surface area contributed by atoms with E-state index in [4.69, 9.17) is 9.47 Å². The van der Waals surface area contributed by atoms with E-state index in [0.29, 0.717) is 17.7 Å². The molecule has 0 saturated carbocycles. The van der Waals surface area contributed by atoms with Crippen molar-refractivity contribution in [2.45, 2.75) is 56.1 Å². The Labute approximate surface area is 171 Å². The molecule has 0 aliphatic carbocycles. The van der Waals surface area contributed by atoms with E-state index in [1.165, 1.54) is 6.26 Å². The van der Waals surface area contributed by atoms with E-state index >= 15 is 0 Å². The van der Waals surface area contributed by atoms with E-state index in [1.807, 2.05) is 12.1 Å². The fourth-order valence-corrected chi connectivity index (χ4v) is 4.73. The standard InChI is InChI=1S/C21H28N2O5S/c1-29(25,26)20-12-19(17-8-7-15(13-24)11-18(17)22-20)23-9-4-5-16(23)14-28-21-6-2-3-10-27-21/h7-8,11-12,16,21,24H,2-6,9-10,13-14H2,1H3. The molecule has 2 saturated heterocycles. The van der Waals surface area contributed by atoms with Crippen molar-refractivity contribution >= 4 is 26.4 Å². The fraction of sp³-hybridized carbons (Fsp3) is 0.571. The quantitative estimate of drug-likeness (QED) is 0.768. The van der Waals surface area contributed by atoms with Crippen LogP contribution >= 0.6 is 0 Å². The normalized spacial score (nSPS) is 23.0. The maximum Gasteiger partial charge on any atom is 0.192 e. The summed E-state index contributed by atoms with van der Waals surface area (Å²) < 4.78 is 36.2. The molecule has 2 aromatic rings. The summed E-state index contributed by atoms with van der Waals surface area (Å²) in [6.45, 7) is 2.03. The molecule has 2 aliphatic heterocycles. The molecular formula is C21H28N2O5S. The summed E-state index contributed by atoms with van der Waals surface area (Å²) in [6.07, 6.45) is 6.17. The summed E-state index contributed by atoms with van der Waals surface area (Å²) in [5.41, 5.74) is 2.14. The highest BCUT2D eigenvalue weighted by Gasteiger charge is 2.29. The number of rotatable bonds is 6. The number of aromatic nitrogens is 1. The smallest absolute Gasteiger partial charge is 0.192 e. The van der Waals surface area contributed by atoms with Gasteiger partial charge in [-0.3, -0.25) is 0 Å². The molecule has 2 aliphatic rings. The van der Waals surface area contributed by atoms with Gasteiger partial charge in [0.25, 0.3) is 0 Å². The Balaban J connectivity index is 1.67. The molecule has 1 aromatic heterocycles. The first-order valence-corrected chi connectivity index (χ1v) is 12.1. The molecule has 1 N–H and O–H groups in total. The molecule has 0 bridgehead atoms. The van der Waals surface area contributed by atoms with Gasteiger partial charge in [0.05, 0.1) is 24.8 Å². The number of aliphatic hydroxyl groups excluding tert-OH is 1. The third kappa shape index (κ3) is 4.55.